The van der Waals surface area contributed by atoms with Crippen molar-refractivity contribution in [1.82, 2.24) is 10.2 Å². The Labute approximate surface area is 135 Å². The molecule has 5 heteroatoms. The lowest BCUT2D eigenvalue weighted by molar-refractivity contribution is 0.170. The summed E-state index contributed by atoms with van der Waals surface area (Å²) in [5.74, 6) is 0.685. The van der Waals surface area contributed by atoms with Gasteiger partial charge in [0.25, 0.3) is 0 Å². The summed E-state index contributed by atoms with van der Waals surface area (Å²) in [6.07, 6.45) is 4.96. The molecule has 118 valence electrons. The molecular weight excluding hydrogens is 332 g/mol. The van der Waals surface area contributed by atoms with E-state index in [1.165, 1.54) is 25.7 Å². The molecule has 0 heterocycles. The third-order valence-corrected chi connectivity index (χ3v) is 5.07. The van der Waals surface area contributed by atoms with E-state index in [-0.39, 0.29) is 5.75 Å². The summed E-state index contributed by atoms with van der Waals surface area (Å²) < 4.78 is 5.90. The van der Waals surface area contributed by atoms with Crippen molar-refractivity contribution in [2.75, 3.05) is 21.2 Å². The minimum atomic E-state index is 0.165. The summed E-state index contributed by atoms with van der Waals surface area (Å²) >= 11 is 3.38. The van der Waals surface area contributed by atoms with Gasteiger partial charge in [-0.2, -0.15) is 0 Å². The van der Waals surface area contributed by atoms with Crippen LogP contribution >= 0.6 is 15.9 Å². The second-order valence-electron chi connectivity index (χ2n) is 5.84. The van der Waals surface area contributed by atoms with Crippen molar-refractivity contribution in [2.24, 2.45) is 0 Å². The molecule has 0 atom stereocenters. The fourth-order valence-corrected chi connectivity index (χ4v) is 3.59. The van der Waals surface area contributed by atoms with Gasteiger partial charge in [-0.3, -0.25) is 4.90 Å². The van der Waals surface area contributed by atoms with Crippen LogP contribution in [-0.2, 0) is 6.54 Å². The monoisotopic (exact) mass is 356 g/mol. The molecule has 1 aliphatic carbocycles. The molecule has 0 aromatic heterocycles. The second kappa shape index (κ2) is 7.47. The van der Waals surface area contributed by atoms with E-state index >= 15 is 0 Å². The van der Waals surface area contributed by atoms with Gasteiger partial charge < -0.3 is 15.2 Å². The molecule has 0 radical (unpaired) electrons. The molecule has 0 saturated heterocycles. The standard InChI is InChI=1S/C16H25BrN2O2/c1-18-12-4-6-13(7-5-12)19(2)10-11-8-14(17)16(20)15(9-11)21-3/h8-9,12-13,18,20H,4-7,10H2,1-3H3. The Morgan fingerprint density at radius 1 is 1.33 bits per heavy atom. The zero-order valence-electron chi connectivity index (χ0n) is 13.0. The topological polar surface area (TPSA) is 44.7 Å². The molecular formula is C16H25BrN2O2. The molecule has 0 spiro atoms. The lowest BCUT2D eigenvalue weighted by Crippen LogP contribution is -2.39. The van der Waals surface area contributed by atoms with Gasteiger partial charge in [0.05, 0.1) is 11.6 Å². The van der Waals surface area contributed by atoms with Crippen LogP contribution in [-0.4, -0.2) is 43.3 Å². The first-order chi connectivity index (χ1) is 10.0. The lowest BCUT2D eigenvalue weighted by Gasteiger charge is -2.34. The predicted molar refractivity (Wildman–Crippen MR) is 88.9 cm³/mol. The average molecular weight is 357 g/mol. The van der Waals surface area contributed by atoms with Crippen LogP contribution in [0.15, 0.2) is 16.6 Å². The molecule has 0 bridgehead atoms. The SMILES string of the molecule is CNC1CCC(N(C)Cc2cc(Br)c(O)c(OC)c2)CC1. The third-order valence-electron chi connectivity index (χ3n) is 4.47. The number of methoxy groups -OCH3 is 1. The summed E-state index contributed by atoms with van der Waals surface area (Å²) in [4.78, 5) is 2.41. The summed E-state index contributed by atoms with van der Waals surface area (Å²) in [5, 5.41) is 13.2. The van der Waals surface area contributed by atoms with Crippen molar-refractivity contribution in [3.63, 3.8) is 0 Å². The van der Waals surface area contributed by atoms with E-state index in [2.05, 4.69) is 40.2 Å². The quantitative estimate of drug-likeness (QED) is 0.850. The minimum Gasteiger partial charge on any atom is -0.503 e. The number of ether oxygens (including phenoxy) is 1. The van der Waals surface area contributed by atoms with Crippen LogP contribution in [0.3, 0.4) is 0 Å². The molecule has 2 rings (SSSR count). The van der Waals surface area contributed by atoms with Gasteiger partial charge in [-0.1, -0.05) is 0 Å². The van der Waals surface area contributed by atoms with Crippen molar-refractivity contribution in [2.45, 2.75) is 44.3 Å². The Bertz CT molecular complexity index is 474. The maximum Gasteiger partial charge on any atom is 0.172 e. The Morgan fingerprint density at radius 2 is 2.00 bits per heavy atom. The molecule has 1 aromatic rings. The number of hydrogen-bond donors (Lipinski definition) is 2. The van der Waals surface area contributed by atoms with E-state index in [9.17, 15) is 5.11 Å². The highest BCUT2D eigenvalue weighted by atomic mass is 79.9. The number of nitrogens with one attached hydrogen (secondary N) is 1. The van der Waals surface area contributed by atoms with E-state index < -0.39 is 0 Å². The Balaban J connectivity index is 2.00. The largest absolute Gasteiger partial charge is 0.503 e. The predicted octanol–water partition coefficient (Wildman–Crippen LogP) is 3.13. The second-order valence-corrected chi connectivity index (χ2v) is 6.69. The summed E-state index contributed by atoms with van der Waals surface area (Å²) in [5.41, 5.74) is 1.15. The van der Waals surface area contributed by atoms with Gasteiger partial charge in [0.2, 0.25) is 0 Å². The van der Waals surface area contributed by atoms with Gasteiger partial charge >= 0.3 is 0 Å². The van der Waals surface area contributed by atoms with E-state index in [1.54, 1.807) is 7.11 Å². The molecule has 21 heavy (non-hydrogen) atoms. The molecule has 1 fully saturated rings. The van der Waals surface area contributed by atoms with Crippen molar-refractivity contribution >= 4 is 15.9 Å². The third kappa shape index (κ3) is 4.11. The number of benzene rings is 1. The highest BCUT2D eigenvalue weighted by Crippen LogP contribution is 2.35. The van der Waals surface area contributed by atoms with Crippen LogP contribution in [0, 0.1) is 0 Å². The maximum atomic E-state index is 9.87. The highest BCUT2D eigenvalue weighted by Gasteiger charge is 2.23. The van der Waals surface area contributed by atoms with Crippen molar-refractivity contribution < 1.29 is 9.84 Å². The number of aromatic hydroxyl groups is 1. The molecule has 1 saturated carbocycles. The lowest BCUT2D eigenvalue weighted by atomic mass is 9.90. The highest BCUT2D eigenvalue weighted by molar-refractivity contribution is 9.10. The average Bonchev–Trinajstić information content (AvgIpc) is 2.50. The van der Waals surface area contributed by atoms with Crippen LogP contribution in [0.4, 0.5) is 0 Å². The van der Waals surface area contributed by atoms with Crippen molar-refractivity contribution in [1.29, 1.82) is 0 Å². The van der Waals surface area contributed by atoms with Gasteiger partial charge in [-0.05, 0) is 73.4 Å². The first-order valence-corrected chi connectivity index (χ1v) is 8.27. The van der Waals surface area contributed by atoms with Gasteiger partial charge in [-0.15, -0.1) is 0 Å². The molecule has 2 N–H and O–H groups in total. The molecule has 0 unspecified atom stereocenters. The Kier molecular flexibility index (Phi) is 5.90. The number of phenols is 1. The van der Waals surface area contributed by atoms with E-state index in [0.717, 1.165) is 12.1 Å². The fraction of sp³-hybridized carbons (Fsp3) is 0.625. The fourth-order valence-electron chi connectivity index (χ4n) is 3.10. The maximum absolute atomic E-state index is 9.87. The number of halogens is 1. The molecule has 1 aliphatic rings. The van der Waals surface area contributed by atoms with E-state index in [0.29, 0.717) is 22.3 Å². The zero-order valence-corrected chi connectivity index (χ0v) is 14.6. The van der Waals surface area contributed by atoms with Gasteiger partial charge in [0, 0.05) is 18.6 Å². The normalized spacial score (nSPS) is 22.5. The van der Waals surface area contributed by atoms with Crippen LogP contribution in [0.2, 0.25) is 0 Å². The van der Waals surface area contributed by atoms with Crippen molar-refractivity contribution in [3.8, 4) is 11.5 Å². The van der Waals surface area contributed by atoms with E-state index in [1.807, 2.05) is 12.1 Å². The van der Waals surface area contributed by atoms with Crippen LogP contribution in [0.25, 0.3) is 0 Å². The smallest absolute Gasteiger partial charge is 0.172 e. The van der Waals surface area contributed by atoms with Crippen molar-refractivity contribution in [3.05, 3.63) is 22.2 Å². The molecule has 0 amide bonds. The summed E-state index contributed by atoms with van der Waals surface area (Å²) in [6, 6.07) is 5.19. The van der Waals surface area contributed by atoms with E-state index in [4.69, 9.17) is 4.74 Å². The number of rotatable bonds is 5. The molecule has 4 nitrogen and oxygen atoms in total. The molecule has 1 aromatic carbocycles. The van der Waals surface area contributed by atoms with Crippen LogP contribution in [0.1, 0.15) is 31.2 Å². The number of nitrogens with zero attached hydrogens (tertiary/aromatic N) is 1. The minimum absolute atomic E-state index is 0.165. The summed E-state index contributed by atoms with van der Waals surface area (Å²) in [7, 11) is 5.81. The first-order valence-electron chi connectivity index (χ1n) is 7.48. The Hall–Kier alpha value is -0.780. The number of hydrogen-bond acceptors (Lipinski definition) is 4. The van der Waals surface area contributed by atoms with Crippen LogP contribution in [0.5, 0.6) is 11.5 Å². The first kappa shape index (κ1) is 16.6. The Morgan fingerprint density at radius 3 is 2.57 bits per heavy atom. The van der Waals surface area contributed by atoms with Gasteiger partial charge in [0.15, 0.2) is 11.5 Å². The summed E-state index contributed by atoms with van der Waals surface area (Å²) in [6.45, 7) is 0.865. The molecule has 0 aliphatic heterocycles. The van der Waals surface area contributed by atoms with Gasteiger partial charge in [-0.25, -0.2) is 0 Å². The number of phenolic OH excluding ortho intramolecular Hbond substituents is 1. The zero-order chi connectivity index (χ0) is 15.4. The van der Waals surface area contributed by atoms with Gasteiger partial charge in [0.1, 0.15) is 0 Å². The van der Waals surface area contributed by atoms with Crippen LogP contribution < -0.4 is 10.1 Å².